The molecule has 1 fully saturated rings. The third-order valence-electron chi connectivity index (χ3n) is 5.16. The molecule has 1 saturated heterocycles. The van der Waals surface area contributed by atoms with Gasteiger partial charge >= 0.3 is 6.18 Å². The van der Waals surface area contributed by atoms with Crippen molar-refractivity contribution in [1.82, 2.24) is 0 Å². The van der Waals surface area contributed by atoms with E-state index in [1.165, 1.54) is 27.4 Å². The van der Waals surface area contributed by atoms with Crippen molar-refractivity contribution in [2.75, 3.05) is 56.5 Å². The van der Waals surface area contributed by atoms with Crippen LogP contribution in [0.4, 0.5) is 30.2 Å². The molecule has 0 atom stereocenters. The van der Waals surface area contributed by atoms with E-state index in [1.807, 2.05) is 4.90 Å². The van der Waals surface area contributed by atoms with Crippen LogP contribution in [0.25, 0.3) is 0 Å². The van der Waals surface area contributed by atoms with E-state index in [9.17, 15) is 18.0 Å². The number of amides is 1. The van der Waals surface area contributed by atoms with E-state index < -0.39 is 17.6 Å². The van der Waals surface area contributed by atoms with Gasteiger partial charge in [-0.15, -0.1) is 0 Å². The summed E-state index contributed by atoms with van der Waals surface area (Å²) in [4.78, 5) is 14.5. The number of methoxy groups -OCH3 is 3. The van der Waals surface area contributed by atoms with Crippen LogP contribution < -0.4 is 29.7 Å². The van der Waals surface area contributed by atoms with Crippen LogP contribution in [-0.4, -0.2) is 46.9 Å². The average Bonchev–Trinajstić information content (AvgIpc) is 3.30. The first-order chi connectivity index (χ1) is 15.3. The number of carbonyl (C=O) groups excluding carboxylic acids is 1. The number of carbonyl (C=O) groups is 1. The van der Waals surface area contributed by atoms with Gasteiger partial charge in [0.2, 0.25) is 11.7 Å². The minimum absolute atomic E-state index is 0.223. The van der Waals surface area contributed by atoms with Gasteiger partial charge in [0.25, 0.3) is 0 Å². The van der Waals surface area contributed by atoms with Crippen molar-refractivity contribution in [2.24, 2.45) is 0 Å². The van der Waals surface area contributed by atoms with Gasteiger partial charge in [0.1, 0.15) is 0 Å². The maximum Gasteiger partial charge on any atom is 0.416 e. The normalized spacial score (nSPS) is 13.6. The number of halogens is 3. The zero-order valence-corrected chi connectivity index (χ0v) is 18.1. The highest BCUT2D eigenvalue weighted by atomic mass is 19.4. The van der Waals surface area contributed by atoms with Gasteiger partial charge in [-0.2, -0.15) is 13.2 Å². The quantitative estimate of drug-likeness (QED) is 0.618. The first-order valence-corrected chi connectivity index (χ1v) is 10.1. The Morgan fingerprint density at radius 2 is 1.62 bits per heavy atom. The third kappa shape index (κ3) is 5.30. The number of nitrogens with one attached hydrogen (secondary N) is 2. The van der Waals surface area contributed by atoms with Crippen LogP contribution in [0.15, 0.2) is 30.3 Å². The van der Waals surface area contributed by atoms with Gasteiger partial charge in [-0.1, -0.05) is 0 Å². The lowest BCUT2D eigenvalue weighted by atomic mass is 10.1. The largest absolute Gasteiger partial charge is 0.493 e. The predicted octanol–water partition coefficient (Wildman–Crippen LogP) is 4.38. The Labute approximate surface area is 184 Å². The van der Waals surface area contributed by atoms with Gasteiger partial charge in [-0.3, -0.25) is 4.79 Å². The molecule has 0 radical (unpaired) electrons. The van der Waals surface area contributed by atoms with E-state index in [1.54, 1.807) is 12.1 Å². The zero-order chi connectivity index (χ0) is 23.3. The maximum atomic E-state index is 13.2. The Morgan fingerprint density at radius 3 is 2.16 bits per heavy atom. The average molecular weight is 453 g/mol. The molecule has 3 rings (SSSR count). The molecule has 2 aromatic rings. The summed E-state index contributed by atoms with van der Waals surface area (Å²) in [7, 11) is 4.38. The Morgan fingerprint density at radius 1 is 1.00 bits per heavy atom. The van der Waals surface area contributed by atoms with Crippen LogP contribution in [0.5, 0.6) is 17.2 Å². The summed E-state index contributed by atoms with van der Waals surface area (Å²) in [5.74, 6) is 0.669. The molecule has 0 aliphatic carbocycles. The number of hydrogen-bond acceptors (Lipinski definition) is 6. The lowest BCUT2D eigenvalue weighted by molar-refractivity contribution is -0.137. The molecule has 1 aliphatic rings. The van der Waals surface area contributed by atoms with E-state index >= 15 is 0 Å². The summed E-state index contributed by atoms with van der Waals surface area (Å²) < 4.78 is 55.4. The SMILES string of the molecule is COc1cc(NC(=O)CNc2cc(C(F)(F)F)ccc2N2CCCC2)cc(OC)c1OC. The molecule has 10 heteroatoms. The zero-order valence-electron chi connectivity index (χ0n) is 18.1. The first kappa shape index (κ1) is 23.4. The molecule has 1 heterocycles. The third-order valence-corrected chi connectivity index (χ3v) is 5.16. The molecular formula is C22H26F3N3O4. The Balaban J connectivity index is 1.77. The second-order valence-corrected chi connectivity index (χ2v) is 7.24. The maximum absolute atomic E-state index is 13.2. The van der Waals surface area contributed by atoms with Crippen LogP contribution in [0.1, 0.15) is 18.4 Å². The van der Waals surface area contributed by atoms with E-state index in [-0.39, 0.29) is 12.2 Å². The van der Waals surface area contributed by atoms with Crippen molar-refractivity contribution in [3.63, 3.8) is 0 Å². The number of ether oxygens (including phenoxy) is 3. The number of anilines is 3. The van der Waals surface area contributed by atoms with Crippen molar-refractivity contribution < 1.29 is 32.2 Å². The number of nitrogens with zero attached hydrogens (tertiary/aromatic N) is 1. The molecule has 0 spiro atoms. The summed E-state index contributed by atoms with van der Waals surface area (Å²) in [5, 5.41) is 5.56. The molecule has 1 aliphatic heterocycles. The number of alkyl halides is 3. The molecule has 1 amide bonds. The second kappa shape index (κ2) is 9.88. The molecule has 32 heavy (non-hydrogen) atoms. The van der Waals surface area contributed by atoms with Gasteiger partial charge in [-0.25, -0.2) is 0 Å². The van der Waals surface area contributed by atoms with Crippen molar-refractivity contribution >= 4 is 23.0 Å². The molecule has 0 bridgehead atoms. The Hall–Kier alpha value is -3.30. The highest BCUT2D eigenvalue weighted by Crippen LogP contribution is 2.40. The first-order valence-electron chi connectivity index (χ1n) is 10.1. The molecule has 0 saturated carbocycles. The molecule has 2 aromatic carbocycles. The van der Waals surface area contributed by atoms with Crippen LogP contribution >= 0.6 is 0 Å². The molecule has 7 nitrogen and oxygen atoms in total. The fourth-order valence-corrected chi connectivity index (χ4v) is 3.62. The minimum atomic E-state index is -4.47. The Bertz CT molecular complexity index is 935. The highest BCUT2D eigenvalue weighted by Gasteiger charge is 2.31. The van der Waals surface area contributed by atoms with Crippen LogP contribution in [-0.2, 0) is 11.0 Å². The lowest BCUT2D eigenvalue weighted by Crippen LogP contribution is -2.24. The lowest BCUT2D eigenvalue weighted by Gasteiger charge is -2.23. The van der Waals surface area contributed by atoms with E-state index in [0.717, 1.165) is 38.1 Å². The van der Waals surface area contributed by atoms with Crippen molar-refractivity contribution in [3.05, 3.63) is 35.9 Å². The molecular weight excluding hydrogens is 427 g/mol. The fraction of sp³-hybridized carbons (Fsp3) is 0.409. The topological polar surface area (TPSA) is 72.1 Å². The number of benzene rings is 2. The van der Waals surface area contributed by atoms with Gasteiger partial charge in [0, 0.05) is 30.9 Å². The summed E-state index contributed by atoms with van der Waals surface area (Å²) in [6, 6.07) is 6.70. The van der Waals surface area contributed by atoms with E-state index in [4.69, 9.17) is 14.2 Å². The number of rotatable bonds is 8. The van der Waals surface area contributed by atoms with Crippen molar-refractivity contribution in [1.29, 1.82) is 0 Å². The number of hydrogen-bond donors (Lipinski definition) is 2. The van der Waals surface area contributed by atoms with Crippen LogP contribution in [0, 0.1) is 0 Å². The van der Waals surface area contributed by atoms with Gasteiger partial charge < -0.3 is 29.7 Å². The van der Waals surface area contributed by atoms with Crippen molar-refractivity contribution in [2.45, 2.75) is 19.0 Å². The second-order valence-electron chi connectivity index (χ2n) is 7.24. The van der Waals surface area contributed by atoms with Gasteiger partial charge in [-0.05, 0) is 31.0 Å². The standard InChI is InChI=1S/C22H26F3N3O4/c1-30-18-11-15(12-19(31-2)21(18)32-3)27-20(29)13-26-16-10-14(22(23,24)25)6-7-17(16)28-8-4-5-9-28/h6-7,10-12,26H,4-5,8-9,13H2,1-3H3,(H,27,29). The van der Waals surface area contributed by atoms with Crippen molar-refractivity contribution in [3.8, 4) is 17.2 Å². The summed E-state index contributed by atoms with van der Waals surface area (Å²) in [6.45, 7) is 1.30. The van der Waals surface area contributed by atoms with E-state index in [0.29, 0.717) is 28.6 Å². The molecule has 0 unspecified atom stereocenters. The molecule has 174 valence electrons. The van der Waals surface area contributed by atoms with Gasteiger partial charge in [0.15, 0.2) is 11.5 Å². The summed E-state index contributed by atoms with van der Waals surface area (Å²) in [5.41, 5.74) is 0.543. The fourth-order valence-electron chi connectivity index (χ4n) is 3.62. The van der Waals surface area contributed by atoms with Crippen LogP contribution in [0.2, 0.25) is 0 Å². The van der Waals surface area contributed by atoms with Crippen LogP contribution in [0.3, 0.4) is 0 Å². The molecule has 0 aromatic heterocycles. The van der Waals surface area contributed by atoms with E-state index in [2.05, 4.69) is 10.6 Å². The van der Waals surface area contributed by atoms with Gasteiger partial charge in [0.05, 0.1) is 44.8 Å². The molecule has 2 N–H and O–H groups in total. The monoisotopic (exact) mass is 453 g/mol. The highest BCUT2D eigenvalue weighted by molar-refractivity contribution is 5.95. The smallest absolute Gasteiger partial charge is 0.416 e. The predicted molar refractivity (Wildman–Crippen MR) is 116 cm³/mol. The Kier molecular flexibility index (Phi) is 7.22. The summed E-state index contributed by atoms with van der Waals surface area (Å²) >= 11 is 0. The minimum Gasteiger partial charge on any atom is -0.493 e. The summed E-state index contributed by atoms with van der Waals surface area (Å²) in [6.07, 6.45) is -2.53.